The monoisotopic (exact) mass is 189 g/mol. The fraction of sp³-hybridized carbons (Fsp3) is 0.500. The second kappa shape index (κ2) is 4.61. The third-order valence-corrected chi connectivity index (χ3v) is 3.06. The molecule has 1 aromatic carbocycles. The molecule has 3 radical (unpaired) electrons. The summed E-state index contributed by atoms with van der Waals surface area (Å²) >= 11 is 0. The normalized spacial score (nSPS) is 13.3. The predicted molar refractivity (Wildman–Crippen MR) is 59.7 cm³/mol. The van der Waals surface area contributed by atoms with E-state index >= 15 is 0 Å². The van der Waals surface area contributed by atoms with Gasteiger partial charge < -0.3 is 0 Å². The summed E-state index contributed by atoms with van der Waals surface area (Å²) in [6.07, 6.45) is 1.21. The van der Waals surface area contributed by atoms with Crippen molar-refractivity contribution in [2.45, 2.75) is 33.1 Å². The van der Waals surface area contributed by atoms with E-state index in [1.165, 1.54) is 17.2 Å². The van der Waals surface area contributed by atoms with E-state index in [-0.39, 0.29) is 0 Å². The summed E-state index contributed by atoms with van der Waals surface area (Å²) in [4.78, 5) is 0. The lowest BCUT2D eigenvalue weighted by Crippen LogP contribution is -2.17. The molecule has 0 aromatic heterocycles. The number of benzene rings is 1. The molecule has 1 aromatic rings. The first-order valence-electron chi connectivity index (χ1n) is 4.97. The van der Waals surface area contributed by atoms with Crippen LogP contribution in [-0.4, -0.2) is 10.2 Å². The fourth-order valence-corrected chi connectivity index (χ4v) is 2.24. The lowest BCUT2D eigenvalue weighted by Gasteiger charge is -2.21. The minimum atomic E-state index is 0.675. The Labute approximate surface area is 84.8 Å². The Morgan fingerprint density at radius 3 is 2.31 bits per heavy atom. The van der Waals surface area contributed by atoms with Crippen molar-refractivity contribution in [1.82, 2.24) is 0 Å². The van der Waals surface area contributed by atoms with E-state index < -0.39 is 0 Å². The molecule has 1 rings (SSSR count). The van der Waals surface area contributed by atoms with E-state index in [2.05, 4.69) is 55.3 Å². The number of rotatable bonds is 3. The highest BCUT2D eigenvalue weighted by atomic mass is 28.1. The van der Waals surface area contributed by atoms with Crippen molar-refractivity contribution in [3.05, 3.63) is 29.8 Å². The van der Waals surface area contributed by atoms with Crippen LogP contribution >= 0.6 is 0 Å². The zero-order chi connectivity index (χ0) is 9.84. The van der Waals surface area contributed by atoms with Crippen molar-refractivity contribution < 1.29 is 0 Å². The Kier molecular flexibility index (Phi) is 3.73. The molecule has 1 unspecified atom stereocenters. The molecule has 0 amide bonds. The number of hydrogen-bond acceptors (Lipinski definition) is 0. The Bertz CT molecular complexity index is 266. The second-order valence-corrected chi connectivity index (χ2v) is 4.38. The zero-order valence-corrected chi connectivity index (χ0v) is 9.67. The fourth-order valence-electron chi connectivity index (χ4n) is 1.87. The standard InChI is InChI=1S/C12H17Si/c1-4-10(9(2)3)11-7-5-6-8-12(11)13/h5-10H,4H2,1-3H3. The molecule has 1 atom stereocenters. The molecular weight excluding hydrogens is 172 g/mol. The van der Waals surface area contributed by atoms with E-state index in [0.717, 1.165) is 0 Å². The maximum atomic E-state index is 3.66. The molecule has 1 heteroatoms. The van der Waals surface area contributed by atoms with Gasteiger partial charge in [0.25, 0.3) is 0 Å². The van der Waals surface area contributed by atoms with E-state index in [1.807, 2.05) is 0 Å². The largest absolute Gasteiger partial charge is 0.0715 e. The summed E-state index contributed by atoms with van der Waals surface area (Å²) in [5, 5.41) is 1.24. The molecule has 69 valence electrons. The molecule has 0 spiro atoms. The van der Waals surface area contributed by atoms with Crippen LogP contribution in [0.1, 0.15) is 38.7 Å². The molecule has 0 nitrogen and oxygen atoms in total. The van der Waals surface area contributed by atoms with Crippen molar-refractivity contribution in [1.29, 1.82) is 0 Å². The Hall–Kier alpha value is -0.563. The minimum Gasteiger partial charge on any atom is -0.0648 e. The van der Waals surface area contributed by atoms with Gasteiger partial charge in [-0.1, -0.05) is 50.2 Å². The minimum absolute atomic E-state index is 0.675. The van der Waals surface area contributed by atoms with E-state index in [0.29, 0.717) is 11.8 Å². The van der Waals surface area contributed by atoms with Gasteiger partial charge in [-0.3, -0.25) is 0 Å². The van der Waals surface area contributed by atoms with Gasteiger partial charge in [0.15, 0.2) is 0 Å². The van der Waals surface area contributed by atoms with Gasteiger partial charge in [-0.15, -0.1) is 0 Å². The topological polar surface area (TPSA) is 0 Å². The van der Waals surface area contributed by atoms with Crippen LogP contribution in [0.5, 0.6) is 0 Å². The highest BCUT2D eigenvalue weighted by molar-refractivity contribution is 6.33. The molecule has 0 aliphatic rings. The third kappa shape index (κ3) is 2.44. The van der Waals surface area contributed by atoms with Gasteiger partial charge in [0.05, 0.1) is 10.2 Å². The zero-order valence-electron chi connectivity index (χ0n) is 8.67. The van der Waals surface area contributed by atoms with Crippen molar-refractivity contribution in [3.63, 3.8) is 0 Å². The average molecular weight is 189 g/mol. The lowest BCUT2D eigenvalue weighted by atomic mass is 9.86. The predicted octanol–water partition coefficient (Wildman–Crippen LogP) is 2.63. The van der Waals surface area contributed by atoms with Gasteiger partial charge >= 0.3 is 0 Å². The van der Waals surface area contributed by atoms with Gasteiger partial charge in [-0.2, -0.15) is 0 Å². The first-order valence-corrected chi connectivity index (χ1v) is 5.47. The molecular formula is C12H17Si. The average Bonchev–Trinajstić information content (AvgIpc) is 2.09. The Balaban J connectivity index is 2.97. The smallest absolute Gasteiger partial charge is 0.0648 e. The van der Waals surface area contributed by atoms with Crippen LogP contribution in [0.25, 0.3) is 0 Å². The molecule has 0 fully saturated rings. The van der Waals surface area contributed by atoms with Gasteiger partial charge in [0, 0.05) is 0 Å². The molecule has 0 aliphatic carbocycles. The second-order valence-electron chi connectivity index (χ2n) is 3.85. The summed E-state index contributed by atoms with van der Waals surface area (Å²) in [6.45, 7) is 6.82. The van der Waals surface area contributed by atoms with Crippen LogP contribution in [0.4, 0.5) is 0 Å². The Morgan fingerprint density at radius 2 is 1.85 bits per heavy atom. The van der Waals surface area contributed by atoms with Crippen molar-refractivity contribution in [3.8, 4) is 0 Å². The van der Waals surface area contributed by atoms with Crippen LogP contribution in [0, 0.1) is 5.92 Å². The number of hydrogen-bond donors (Lipinski definition) is 0. The highest BCUT2D eigenvalue weighted by Crippen LogP contribution is 2.25. The van der Waals surface area contributed by atoms with Gasteiger partial charge in [0.1, 0.15) is 0 Å². The molecule has 0 saturated carbocycles. The highest BCUT2D eigenvalue weighted by Gasteiger charge is 2.14. The maximum Gasteiger partial charge on any atom is 0.0715 e. The van der Waals surface area contributed by atoms with E-state index in [4.69, 9.17) is 0 Å². The quantitative estimate of drug-likeness (QED) is 0.641. The summed E-state index contributed by atoms with van der Waals surface area (Å²) in [6, 6.07) is 8.52. The SMILES string of the molecule is CCC(c1ccccc1[Si])C(C)C. The molecule has 0 N–H and O–H groups in total. The van der Waals surface area contributed by atoms with Crippen LogP contribution in [-0.2, 0) is 0 Å². The molecule has 0 bridgehead atoms. The summed E-state index contributed by atoms with van der Waals surface area (Å²) in [7, 11) is 3.66. The van der Waals surface area contributed by atoms with Crippen molar-refractivity contribution >= 4 is 15.4 Å². The maximum absolute atomic E-state index is 3.66. The molecule has 0 saturated heterocycles. The van der Waals surface area contributed by atoms with Gasteiger partial charge in [0.2, 0.25) is 0 Å². The van der Waals surface area contributed by atoms with Crippen molar-refractivity contribution in [2.24, 2.45) is 5.92 Å². The first kappa shape index (κ1) is 10.5. The van der Waals surface area contributed by atoms with Crippen molar-refractivity contribution in [2.75, 3.05) is 0 Å². The molecule has 0 heterocycles. The molecule has 13 heavy (non-hydrogen) atoms. The molecule has 0 aliphatic heterocycles. The van der Waals surface area contributed by atoms with E-state index in [1.54, 1.807) is 0 Å². The van der Waals surface area contributed by atoms with Gasteiger partial charge in [-0.05, 0) is 23.8 Å². The van der Waals surface area contributed by atoms with E-state index in [9.17, 15) is 0 Å². The van der Waals surface area contributed by atoms with Crippen LogP contribution in [0.3, 0.4) is 0 Å². The van der Waals surface area contributed by atoms with Gasteiger partial charge in [-0.25, -0.2) is 0 Å². The van der Waals surface area contributed by atoms with Crippen LogP contribution < -0.4 is 5.19 Å². The third-order valence-electron chi connectivity index (χ3n) is 2.60. The van der Waals surface area contributed by atoms with Crippen LogP contribution in [0.2, 0.25) is 0 Å². The summed E-state index contributed by atoms with van der Waals surface area (Å²) in [5.41, 5.74) is 1.44. The Morgan fingerprint density at radius 1 is 1.23 bits per heavy atom. The summed E-state index contributed by atoms with van der Waals surface area (Å²) in [5.74, 6) is 1.39. The van der Waals surface area contributed by atoms with Crippen LogP contribution in [0.15, 0.2) is 24.3 Å². The lowest BCUT2D eigenvalue weighted by molar-refractivity contribution is 0.487. The summed E-state index contributed by atoms with van der Waals surface area (Å²) < 4.78 is 0. The first-order chi connectivity index (χ1) is 6.16.